The fourth-order valence-corrected chi connectivity index (χ4v) is 2.87. The summed E-state index contributed by atoms with van der Waals surface area (Å²) in [5.41, 5.74) is 1.11. The molecule has 1 aliphatic carbocycles. The van der Waals surface area contributed by atoms with Crippen molar-refractivity contribution in [1.29, 1.82) is 0 Å². The van der Waals surface area contributed by atoms with E-state index in [1.807, 2.05) is 37.3 Å². The van der Waals surface area contributed by atoms with E-state index in [1.54, 1.807) is 6.92 Å². The van der Waals surface area contributed by atoms with Crippen LogP contribution in [0.4, 0.5) is 0 Å². The highest BCUT2D eigenvalue weighted by Crippen LogP contribution is 2.31. The molecule has 0 radical (unpaired) electrons. The average Bonchev–Trinajstić information content (AvgIpc) is 3.34. The van der Waals surface area contributed by atoms with Crippen molar-refractivity contribution in [3.8, 4) is 0 Å². The minimum atomic E-state index is -0.341. The smallest absolute Gasteiger partial charge is 0.323 e. The van der Waals surface area contributed by atoms with Gasteiger partial charge in [0.25, 0.3) is 0 Å². The van der Waals surface area contributed by atoms with Gasteiger partial charge in [-0.1, -0.05) is 35.5 Å². The van der Waals surface area contributed by atoms with Crippen LogP contribution in [0.25, 0.3) is 0 Å². The van der Waals surface area contributed by atoms with Crippen LogP contribution in [0, 0.1) is 6.92 Å². The number of hydrogen-bond donors (Lipinski definition) is 0. The molecule has 6 nitrogen and oxygen atoms in total. The molecule has 1 aromatic heterocycles. The van der Waals surface area contributed by atoms with Crippen molar-refractivity contribution in [2.24, 2.45) is 0 Å². The van der Waals surface area contributed by atoms with Gasteiger partial charge in [0.15, 0.2) is 5.82 Å². The van der Waals surface area contributed by atoms with Crippen molar-refractivity contribution in [1.82, 2.24) is 15.0 Å². The molecule has 0 amide bonds. The highest BCUT2D eigenvalue weighted by atomic mass is 16.5. The maximum absolute atomic E-state index is 12.6. The van der Waals surface area contributed by atoms with E-state index in [0.29, 0.717) is 37.3 Å². The molecule has 1 atom stereocenters. The molecule has 1 aliphatic rings. The Morgan fingerprint density at radius 3 is 2.71 bits per heavy atom. The van der Waals surface area contributed by atoms with E-state index in [2.05, 4.69) is 15.0 Å². The summed E-state index contributed by atoms with van der Waals surface area (Å²) in [7, 11) is 0. The predicted octanol–water partition coefficient (Wildman–Crippen LogP) is 2.52. The van der Waals surface area contributed by atoms with Crippen molar-refractivity contribution >= 4 is 5.97 Å². The number of ether oxygens (including phenoxy) is 1. The number of benzene rings is 1. The molecular formula is C18H23N3O3. The molecule has 0 bridgehead atoms. The van der Waals surface area contributed by atoms with Crippen molar-refractivity contribution in [3.05, 3.63) is 47.6 Å². The van der Waals surface area contributed by atoms with Gasteiger partial charge in [-0.2, -0.15) is 4.98 Å². The summed E-state index contributed by atoms with van der Waals surface area (Å²) in [4.78, 5) is 19.0. The lowest BCUT2D eigenvalue weighted by molar-refractivity contribution is -0.150. The molecular weight excluding hydrogens is 306 g/mol. The minimum Gasteiger partial charge on any atom is -0.465 e. The lowest BCUT2D eigenvalue weighted by Gasteiger charge is -2.29. The van der Waals surface area contributed by atoms with Crippen LogP contribution in [-0.4, -0.2) is 39.7 Å². The molecule has 1 aromatic carbocycles. The number of carbonyl (C=O) groups excluding carboxylic acids is 1. The van der Waals surface area contributed by atoms with Gasteiger partial charge in [-0.15, -0.1) is 0 Å². The summed E-state index contributed by atoms with van der Waals surface area (Å²) in [5, 5.41) is 3.84. The third kappa shape index (κ3) is 4.20. The van der Waals surface area contributed by atoms with Crippen LogP contribution < -0.4 is 0 Å². The summed E-state index contributed by atoms with van der Waals surface area (Å²) >= 11 is 0. The summed E-state index contributed by atoms with van der Waals surface area (Å²) < 4.78 is 10.6. The number of rotatable bonds is 8. The number of aromatic nitrogens is 2. The predicted molar refractivity (Wildman–Crippen MR) is 88.2 cm³/mol. The van der Waals surface area contributed by atoms with Gasteiger partial charge in [-0.3, -0.25) is 9.69 Å². The van der Waals surface area contributed by atoms with Gasteiger partial charge in [0.2, 0.25) is 5.89 Å². The number of carbonyl (C=O) groups is 1. The largest absolute Gasteiger partial charge is 0.465 e. The molecule has 1 fully saturated rings. The normalized spacial score (nSPS) is 15.5. The Bertz CT molecular complexity index is 667. The minimum absolute atomic E-state index is 0.190. The molecule has 6 heteroatoms. The molecule has 0 saturated heterocycles. The summed E-state index contributed by atoms with van der Waals surface area (Å²) in [6.07, 6.45) is 2.78. The van der Waals surface area contributed by atoms with Crippen molar-refractivity contribution in [2.45, 2.75) is 51.7 Å². The third-order valence-electron chi connectivity index (χ3n) is 4.13. The topological polar surface area (TPSA) is 68.5 Å². The molecule has 128 valence electrons. The van der Waals surface area contributed by atoms with E-state index in [-0.39, 0.29) is 12.0 Å². The van der Waals surface area contributed by atoms with Crippen molar-refractivity contribution in [3.63, 3.8) is 0 Å². The monoisotopic (exact) mass is 329 g/mol. The molecule has 0 spiro atoms. The van der Waals surface area contributed by atoms with Gasteiger partial charge < -0.3 is 9.26 Å². The maximum Gasteiger partial charge on any atom is 0.323 e. The van der Waals surface area contributed by atoms with Gasteiger partial charge >= 0.3 is 5.97 Å². The average molecular weight is 329 g/mol. The zero-order valence-corrected chi connectivity index (χ0v) is 14.1. The highest BCUT2D eigenvalue weighted by Gasteiger charge is 2.39. The van der Waals surface area contributed by atoms with Crippen LogP contribution in [0.3, 0.4) is 0 Å². The molecule has 0 unspecified atom stereocenters. The Kier molecular flexibility index (Phi) is 5.25. The lowest BCUT2D eigenvalue weighted by Crippen LogP contribution is -2.44. The fraction of sp³-hybridized carbons (Fsp3) is 0.500. The lowest BCUT2D eigenvalue weighted by atomic mass is 10.0. The van der Waals surface area contributed by atoms with Gasteiger partial charge in [0, 0.05) is 6.04 Å². The number of nitrogens with zero attached hydrogens (tertiary/aromatic N) is 3. The van der Waals surface area contributed by atoms with Gasteiger partial charge in [-0.25, -0.2) is 0 Å². The maximum atomic E-state index is 12.6. The standard InChI is InChI=1S/C18H23N3O3/c1-3-23-18(22)16(11-14-7-5-4-6-8-14)21(15-9-10-15)12-17-19-13(2)20-24-17/h4-8,15-16H,3,9-12H2,1-2H3/t16-/m1/s1. The molecule has 0 N–H and O–H groups in total. The fourth-order valence-electron chi connectivity index (χ4n) is 2.87. The van der Waals surface area contributed by atoms with Crippen LogP contribution in [0.1, 0.15) is 37.0 Å². The second kappa shape index (κ2) is 7.57. The first kappa shape index (κ1) is 16.6. The van der Waals surface area contributed by atoms with E-state index in [0.717, 1.165) is 18.4 Å². The SMILES string of the molecule is CCOC(=O)[C@@H](Cc1ccccc1)N(Cc1nc(C)no1)C1CC1. The first-order chi connectivity index (χ1) is 11.7. The van der Waals surface area contributed by atoms with Crippen LogP contribution in [0.5, 0.6) is 0 Å². The Hall–Kier alpha value is -2.21. The van der Waals surface area contributed by atoms with E-state index in [9.17, 15) is 4.79 Å². The molecule has 1 heterocycles. The summed E-state index contributed by atoms with van der Waals surface area (Å²) in [6, 6.07) is 10.0. The number of aryl methyl sites for hydroxylation is 1. The van der Waals surface area contributed by atoms with Crippen LogP contribution in [0.15, 0.2) is 34.9 Å². The Balaban J connectivity index is 1.81. The van der Waals surface area contributed by atoms with Crippen LogP contribution in [-0.2, 0) is 22.5 Å². The first-order valence-corrected chi connectivity index (χ1v) is 8.43. The highest BCUT2D eigenvalue weighted by molar-refractivity contribution is 5.76. The van der Waals surface area contributed by atoms with Crippen molar-refractivity contribution < 1.29 is 14.1 Å². The molecule has 3 rings (SSSR count). The van der Waals surface area contributed by atoms with Gasteiger partial charge in [0.1, 0.15) is 6.04 Å². The zero-order chi connectivity index (χ0) is 16.9. The number of esters is 1. The molecule has 1 saturated carbocycles. The Morgan fingerprint density at radius 1 is 1.38 bits per heavy atom. The van der Waals surface area contributed by atoms with Crippen LogP contribution in [0.2, 0.25) is 0 Å². The van der Waals surface area contributed by atoms with E-state index < -0.39 is 0 Å². The van der Waals surface area contributed by atoms with Gasteiger partial charge in [-0.05, 0) is 38.7 Å². The molecule has 24 heavy (non-hydrogen) atoms. The van der Waals surface area contributed by atoms with Gasteiger partial charge in [0.05, 0.1) is 13.2 Å². The zero-order valence-electron chi connectivity index (χ0n) is 14.1. The molecule has 2 aromatic rings. The van der Waals surface area contributed by atoms with E-state index in [4.69, 9.17) is 9.26 Å². The second-order valence-electron chi connectivity index (χ2n) is 6.10. The van der Waals surface area contributed by atoms with E-state index >= 15 is 0 Å². The molecule has 0 aliphatic heterocycles. The third-order valence-corrected chi connectivity index (χ3v) is 4.13. The van der Waals surface area contributed by atoms with E-state index in [1.165, 1.54) is 0 Å². The summed E-state index contributed by atoms with van der Waals surface area (Å²) in [5.74, 6) is 0.961. The summed E-state index contributed by atoms with van der Waals surface area (Å²) in [6.45, 7) is 4.48. The second-order valence-corrected chi connectivity index (χ2v) is 6.10. The van der Waals surface area contributed by atoms with Crippen LogP contribution >= 0.6 is 0 Å². The van der Waals surface area contributed by atoms with Crippen molar-refractivity contribution in [2.75, 3.05) is 6.61 Å². The first-order valence-electron chi connectivity index (χ1n) is 8.43. The Labute approximate surface area is 141 Å². The Morgan fingerprint density at radius 2 is 2.12 bits per heavy atom. The quantitative estimate of drug-likeness (QED) is 0.693. The number of hydrogen-bond acceptors (Lipinski definition) is 6.